The van der Waals surface area contributed by atoms with Crippen LogP contribution in [0.4, 0.5) is 0 Å². The lowest BCUT2D eigenvalue weighted by Crippen LogP contribution is -2.24. The number of carbonyl (C=O) groups excluding carboxylic acids is 2. The number of esters is 1. The highest BCUT2D eigenvalue weighted by molar-refractivity contribution is 5.91. The van der Waals surface area contributed by atoms with Crippen LogP contribution in [0.25, 0.3) is 0 Å². The van der Waals surface area contributed by atoms with Gasteiger partial charge in [-0.05, 0) is 72.0 Å². The van der Waals surface area contributed by atoms with Crippen LogP contribution in [0.2, 0.25) is 0 Å². The Morgan fingerprint density at radius 1 is 1.00 bits per heavy atom. The molecule has 0 aliphatic heterocycles. The van der Waals surface area contributed by atoms with Crippen molar-refractivity contribution in [2.75, 3.05) is 6.61 Å². The molecule has 32 heavy (non-hydrogen) atoms. The first-order valence-electron chi connectivity index (χ1n) is 10.3. The molecular formula is C26H26N2O4. The Kier molecular flexibility index (Phi) is 7.75. The van der Waals surface area contributed by atoms with Crippen LogP contribution in [0.5, 0.6) is 11.5 Å². The number of rotatable bonds is 8. The quantitative estimate of drug-likeness (QED) is 0.239. The number of benzene rings is 3. The Balaban J connectivity index is 1.48. The lowest BCUT2D eigenvalue weighted by Gasteiger charge is -2.12. The molecule has 0 radical (unpaired) electrons. The van der Waals surface area contributed by atoms with Gasteiger partial charge < -0.3 is 9.47 Å². The lowest BCUT2D eigenvalue weighted by atomic mass is 10.0. The number of nitrogens with one attached hydrogen (secondary N) is 1. The normalized spacial score (nSPS) is 10.9. The molecule has 0 aliphatic rings. The van der Waals surface area contributed by atoms with Gasteiger partial charge in [0.2, 0.25) is 0 Å². The SMILES string of the molecule is Cc1ccc(C(C)C)cc1OCC(=O)N/N=C\c1ccc(OC(=O)c2ccccc2)cc1. The van der Waals surface area contributed by atoms with Gasteiger partial charge in [-0.1, -0.05) is 44.2 Å². The van der Waals surface area contributed by atoms with Crippen molar-refractivity contribution >= 4 is 18.1 Å². The van der Waals surface area contributed by atoms with Crippen molar-refractivity contribution in [1.82, 2.24) is 5.43 Å². The number of hydrazone groups is 1. The molecule has 0 bridgehead atoms. The highest BCUT2D eigenvalue weighted by Gasteiger charge is 2.08. The van der Waals surface area contributed by atoms with E-state index in [1.54, 1.807) is 48.5 Å². The zero-order valence-electron chi connectivity index (χ0n) is 18.4. The Morgan fingerprint density at radius 3 is 2.41 bits per heavy atom. The van der Waals surface area contributed by atoms with E-state index in [0.29, 0.717) is 23.0 Å². The first kappa shape index (κ1) is 22.7. The van der Waals surface area contributed by atoms with E-state index in [2.05, 4.69) is 30.4 Å². The molecule has 0 atom stereocenters. The summed E-state index contributed by atoms with van der Waals surface area (Å²) >= 11 is 0. The zero-order chi connectivity index (χ0) is 22.9. The Labute approximate surface area is 187 Å². The van der Waals surface area contributed by atoms with E-state index in [4.69, 9.17) is 9.47 Å². The highest BCUT2D eigenvalue weighted by Crippen LogP contribution is 2.24. The molecule has 0 aromatic heterocycles. The average molecular weight is 431 g/mol. The van der Waals surface area contributed by atoms with Crippen LogP contribution >= 0.6 is 0 Å². The molecule has 0 aliphatic carbocycles. The number of aryl methyl sites for hydroxylation is 1. The van der Waals surface area contributed by atoms with Crippen LogP contribution < -0.4 is 14.9 Å². The minimum atomic E-state index is -0.423. The maximum atomic E-state index is 12.1. The monoisotopic (exact) mass is 430 g/mol. The summed E-state index contributed by atoms with van der Waals surface area (Å²) in [4.78, 5) is 24.1. The summed E-state index contributed by atoms with van der Waals surface area (Å²) in [7, 11) is 0. The van der Waals surface area contributed by atoms with Gasteiger partial charge in [0.05, 0.1) is 11.8 Å². The van der Waals surface area contributed by atoms with Gasteiger partial charge in [-0.25, -0.2) is 10.2 Å². The van der Waals surface area contributed by atoms with Crippen LogP contribution in [0, 0.1) is 6.92 Å². The summed E-state index contributed by atoms with van der Waals surface area (Å²) in [6.45, 7) is 6.02. The third-order valence-corrected chi connectivity index (χ3v) is 4.74. The number of carbonyl (C=O) groups is 2. The van der Waals surface area contributed by atoms with Crippen LogP contribution in [0.1, 0.15) is 46.8 Å². The van der Waals surface area contributed by atoms with Crippen molar-refractivity contribution in [2.45, 2.75) is 26.7 Å². The average Bonchev–Trinajstić information content (AvgIpc) is 2.80. The van der Waals surface area contributed by atoms with Crippen molar-refractivity contribution in [2.24, 2.45) is 5.10 Å². The van der Waals surface area contributed by atoms with Gasteiger partial charge in [0, 0.05) is 0 Å². The van der Waals surface area contributed by atoms with Crippen molar-refractivity contribution < 1.29 is 19.1 Å². The number of ether oxygens (including phenoxy) is 2. The van der Waals surface area contributed by atoms with E-state index in [9.17, 15) is 9.59 Å². The molecular weight excluding hydrogens is 404 g/mol. The largest absolute Gasteiger partial charge is 0.483 e. The van der Waals surface area contributed by atoms with Crippen LogP contribution in [-0.2, 0) is 4.79 Å². The fraction of sp³-hybridized carbons (Fsp3) is 0.192. The topological polar surface area (TPSA) is 77.0 Å². The summed E-state index contributed by atoms with van der Waals surface area (Å²) in [5, 5.41) is 3.95. The molecule has 0 heterocycles. The smallest absolute Gasteiger partial charge is 0.343 e. The second kappa shape index (κ2) is 10.9. The molecule has 1 N–H and O–H groups in total. The molecule has 3 aromatic rings. The van der Waals surface area contributed by atoms with E-state index in [1.165, 1.54) is 6.21 Å². The number of nitrogens with zero attached hydrogens (tertiary/aromatic N) is 1. The van der Waals surface area contributed by atoms with Gasteiger partial charge in [0.15, 0.2) is 6.61 Å². The molecule has 1 amide bonds. The maximum Gasteiger partial charge on any atom is 0.343 e. The lowest BCUT2D eigenvalue weighted by molar-refractivity contribution is -0.123. The van der Waals surface area contributed by atoms with Gasteiger partial charge in [-0.3, -0.25) is 4.79 Å². The number of hydrogen-bond donors (Lipinski definition) is 1. The minimum Gasteiger partial charge on any atom is -0.483 e. The first-order chi connectivity index (χ1) is 15.4. The first-order valence-corrected chi connectivity index (χ1v) is 10.3. The van der Waals surface area contributed by atoms with Crippen molar-refractivity contribution in [1.29, 1.82) is 0 Å². The molecule has 0 unspecified atom stereocenters. The van der Waals surface area contributed by atoms with Crippen LogP contribution in [-0.4, -0.2) is 24.7 Å². The van der Waals surface area contributed by atoms with Gasteiger partial charge >= 0.3 is 5.97 Å². The van der Waals surface area contributed by atoms with Gasteiger partial charge in [-0.2, -0.15) is 5.10 Å². The van der Waals surface area contributed by atoms with Crippen LogP contribution in [0.15, 0.2) is 77.9 Å². The van der Waals surface area contributed by atoms with Gasteiger partial charge in [0.1, 0.15) is 11.5 Å². The van der Waals surface area contributed by atoms with E-state index >= 15 is 0 Å². The van der Waals surface area contributed by atoms with Crippen molar-refractivity contribution in [3.8, 4) is 11.5 Å². The molecule has 0 saturated heterocycles. The second-order valence-corrected chi connectivity index (χ2v) is 7.59. The highest BCUT2D eigenvalue weighted by atomic mass is 16.5. The summed E-state index contributed by atoms with van der Waals surface area (Å²) < 4.78 is 11.0. The summed E-state index contributed by atoms with van der Waals surface area (Å²) in [6.07, 6.45) is 1.51. The fourth-order valence-corrected chi connectivity index (χ4v) is 2.85. The van der Waals surface area contributed by atoms with Crippen LogP contribution in [0.3, 0.4) is 0 Å². The third kappa shape index (κ3) is 6.54. The molecule has 6 heteroatoms. The maximum absolute atomic E-state index is 12.1. The molecule has 3 rings (SSSR count). The van der Waals surface area contributed by atoms with Crippen molar-refractivity contribution in [3.63, 3.8) is 0 Å². The number of amides is 1. The second-order valence-electron chi connectivity index (χ2n) is 7.59. The number of hydrogen-bond acceptors (Lipinski definition) is 5. The summed E-state index contributed by atoms with van der Waals surface area (Å²) in [6, 6.07) is 21.6. The summed E-state index contributed by atoms with van der Waals surface area (Å²) in [5.41, 5.74) is 5.79. The Hall–Kier alpha value is -3.93. The fourth-order valence-electron chi connectivity index (χ4n) is 2.85. The minimum absolute atomic E-state index is 0.131. The van der Waals surface area contributed by atoms with Crippen molar-refractivity contribution in [3.05, 3.63) is 95.1 Å². The predicted molar refractivity (Wildman–Crippen MR) is 124 cm³/mol. The molecule has 6 nitrogen and oxygen atoms in total. The summed E-state index contributed by atoms with van der Waals surface area (Å²) in [5.74, 6) is 0.713. The molecule has 3 aromatic carbocycles. The molecule has 164 valence electrons. The molecule has 0 fully saturated rings. The van der Waals surface area contributed by atoms with E-state index in [-0.39, 0.29) is 12.5 Å². The van der Waals surface area contributed by atoms with Gasteiger partial charge in [-0.15, -0.1) is 0 Å². The Morgan fingerprint density at radius 2 is 1.72 bits per heavy atom. The molecule has 0 spiro atoms. The third-order valence-electron chi connectivity index (χ3n) is 4.74. The van der Waals surface area contributed by atoms with E-state index < -0.39 is 5.97 Å². The Bertz CT molecular complexity index is 1090. The van der Waals surface area contributed by atoms with E-state index in [1.807, 2.05) is 25.1 Å². The standard InChI is InChI=1S/C26H26N2O4/c1-18(2)22-12-9-19(3)24(15-22)31-17-25(29)28-27-16-20-10-13-23(14-11-20)32-26(30)21-7-5-4-6-8-21/h4-16,18H,17H2,1-3H3,(H,28,29)/b27-16-. The van der Waals surface area contributed by atoms with E-state index in [0.717, 1.165) is 16.7 Å². The predicted octanol–water partition coefficient (Wildman–Crippen LogP) is 4.87. The molecule has 0 saturated carbocycles. The van der Waals surface area contributed by atoms with Gasteiger partial charge in [0.25, 0.3) is 5.91 Å². The zero-order valence-corrected chi connectivity index (χ0v) is 18.4.